The summed E-state index contributed by atoms with van der Waals surface area (Å²) in [5, 5.41) is 21.3. The van der Waals surface area contributed by atoms with E-state index < -0.39 is 17.7 Å². The number of carbonyl (C=O) groups is 2. The normalized spacial score (nSPS) is 16.0. The number of aromatic nitrogens is 2. The third-order valence-corrected chi connectivity index (χ3v) is 9.01. The number of thioether (sulfide) groups is 1. The first-order valence-electron chi connectivity index (χ1n) is 13.1. The van der Waals surface area contributed by atoms with Gasteiger partial charge in [0.25, 0.3) is 5.78 Å². The number of ether oxygens (including phenoxy) is 2. The van der Waals surface area contributed by atoms with Crippen LogP contribution in [0.15, 0.2) is 89.3 Å². The quantitative estimate of drug-likeness (QED) is 0.0438. The summed E-state index contributed by atoms with van der Waals surface area (Å²) in [6.45, 7) is 6.13. The molecule has 2 heterocycles. The molecule has 1 aliphatic rings. The molecule has 1 atom stereocenters. The molecule has 0 saturated carbocycles. The fraction of sp³-hybridized carbons (Fsp3) is 0.161. The highest BCUT2D eigenvalue weighted by atomic mass is 35.5. The number of anilines is 1. The van der Waals surface area contributed by atoms with Crippen molar-refractivity contribution in [3.05, 3.63) is 112 Å². The van der Waals surface area contributed by atoms with Crippen molar-refractivity contribution in [1.29, 1.82) is 0 Å². The number of hydrogen-bond donors (Lipinski definition) is 1. The van der Waals surface area contributed by atoms with Gasteiger partial charge in [0.2, 0.25) is 5.13 Å². The molecule has 220 valence electrons. The van der Waals surface area contributed by atoms with Crippen LogP contribution in [0.5, 0.6) is 11.5 Å². The Morgan fingerprint density at radius 3 is 2.40 bits per heavy atom. The molecular formula is C31H25Cl2N3O5S2. The molecular weight excluding hydrogens is 629 g/mol. The van der Waals surface area contributed by atoms with Gasteiger partial charge in [-0.3, -0.25) is 14.5 Å². The van der Waals surface area contributed by atoms with Gasteiger partial charge < -0.3 is 14.6 Å². The molecule has 1 amide bonds. The van der Waals surface area contributed by atoms with E-state index >= 15 is 0 Å². The minimum Gasteiger partial charge on any atom is -0.507 e. The third kappa shape index (κ3) is 6.73. The lowest BCUT2D eigenvalue weighted by atomic mass is 9.95. The first-order valence-corrected chi connectivity index (χ1v) is 15.6. The predicted octanol–water partition coefficient (Wildman–Crippen LogP) is 7.73. The van der Waals surface area contributed by atoms with Gasteiger partial charge >= 0.3 is 5.91 Å². The number of nitrogens with zero attached hydrogens (tertiary/aromatic N) is 3. The molecule has 0 radical (unpaired) electrons. The number of carbonyl (C=O) groups excluding carboxylic acids is 2. The molecule has 43 heavy (non-hydrogen) atoms. The van der Waals surface area contributed by atoms with E-state index in [1.807, 2.05) is 31.2 Å². The predicted molar refractivity (Wildman–Crippen MR) is 170 cm³/mol. The number of amides is 1. The second kappa shape index (κ2) is 13.6. The zero-order valence-electron chi connectivity index (χ0n) is 22.8. The summed E-state index contributed by atoms with van der Waals surface area (Å²) in [6, 6.07) is 17.9. The lowest BCUT2D eigenvalue weighted by Crippen LogP contribution is -2.29. The maximum atomic E-state index is 13.6. The first kappa shape index (κ1) is 30.6. The van der Waals surface area contributed by atoms with Crippen molar-refractivity contribution < 1.29 is 24.2 Å². The molecule has 5 rings (SSSR count). The van der Waals surface area contributed by atoms with Gasteiger partial charge in [-0.25, -0.2) is 0 Å². The minimum absolute atomic E-state index is 0.0971. The smallest absolute Gasteiger partial charge is 0.301 e. The van der Waals surface area contributed by atoms with Gasteiger partial charge in [-0.1, -0.05) is 77.2 Å². The van der Waals surface area contributed by atoms with Crippen LogP contribution in [0.4, 0.5) is 5.13 Å². The number of ketones is 1. The van der Waals surface area contributed by atoms with Crippen molar-refractivity contribution >= 4 is 68.9 Å². The molecule has 1 N–H and O–H groups in total. The third-order valence-electron chi connectivity index (χ3n) is 6.38. The van der Waals surface area contributed by atoms with Crippen molar-refractivity contribution in [2.24, 2.45) is 0 Å². The number of Topliss-reactive ketones (excluding diaryl/α,β-unsaturated/α-hetero) is 1. The van der Waals surface area contributed by atoms with Crippen molar-refractivity contribution in [1.82, 2.24) is 10.2 Å². The van der Waals surface area contributed by atoms with Gasteiger partial charge in [-0.15, -0.1) is 10.2 Å². The largest absolute Gasteiger partial charge is 0.507 e. The summed E-state index contributed by atoms with van der Waals surface area (Å²) >= 11 is 14.7. The highest BCUT2D eigenvalue weighted by Gasteiger charge is 2.48. The lowest BCUT2D eigenvalue weighted by molar-refractivity contribution is -0.132. The summed E-state index contributed by atoms with van der Waals surface area (Å²) in [7, 11) is 0. The van der Waals surface area contributed by atoms with Crippen molar-refractivity contribution in [3.8, 4) is 11.5 Å². The Morgan fingerprint density at radius 1 is 1.02 bits per heavy atom. The summed E-state index contributed by atoms with van der Waals surface area (Å²) in [6.07, 6.45) is 1.61. The van der Waals surface area contributed by atoms with E-state index in [-0.39, 0.29) is 23.1 Å². The molecule has 1 unspecified atom stereocenters. The Balaban J connectivity index is 1.57. The van der Waals surface area contributed by atoms with Gasteiger partial charge in [0.15, 0.2) is 15.8 Å². The number of hydrogen-bond acceptors (Lipinski definition) is 9. The van der Waals surface area contributed by atoms with Gasteiger partial charge in [0.1, 0.15) is 12.4 Å². The van der Waals surface area contributed by atoms with Crippen LogP contribution in [-0.4, -0.2) is 40.2 Å². The van der Waals surface area contributed by atoms with Crippen LogP contribution in [-0.2, 0) is 15.3 Å². The van der Waals surface area contributed by atoms with Crippen molar-refractivity contribution in [2.45, 2.75) is 23.1 Å². The molecule has 0 aliphatic carbocycles. The fourth-order valence-corrected chi connectivity index (χ4v) is 6.50. The van der Waals surface area contributed by atoms with Gasteiger partial charge in [-0.05, 0) is 66.6 Å². The average Bonchev–Trinajstić information content (AvgIpc) is 3.58. The summed E-state index contributed by atoms with van der Waals surface area (Å²) < 4.78 is 12.2. The molecule has 0 bridgehead atoms. The zero-order chi connectivity index (χ0) is 30.5. The maximum absolute atomic E-state index is 13.6. The first-order chi connectivity index (χ1) is 20.8. The SMILES string of the molecule is C=CCOc1ccc(C2/C(=C(\O)c3ccc(Cl)cc3)C(=O)C(=O)N2c2nnc(SCc3ccc(Cl)cc3)s2)cc1OCC. The van der Waals surface area contributed by atoms with Crippen LogP contribution in [0.1, 0.15) is 29.7 Å². The zero-order valence-corrected chi connectivity index (χ0v) is 26.0. The van der Waals surface area contributed by atoms with Crippen molar-refractivity contribution in [3.63, 3.8) is 0 Å². The lowest BCUT2D eigenvalue weighted by Gasteiger charge is -2.23. The van der Waals surface area contributed by atoms with E-state index in [1.165, 1.54) is 28.0 Å². The van der Waals surface area contributed by atoms with Gasteiger partial charge in [0, 0.05) is 21.4 Å². The van der Waals surface area contributed by atoms with Crippen LogP contribution >= 0.6 is 46.3 Å². The molecule has 1 saturated heterocycles. The van der Waals surface area contributed by atoms with Gasteiger partial charge in [-0.2, -0.15) is 0 Å². The second-order valence-corrected chi connectivity index (χ2v) is 12.2. The van der Waals surface area contributed by atoms with Crippen LogP contribution in [0.3, 0.4) is 0 Å². The number of aliphatic hydroxyl groups excluding tert-OH is 1. The summed E-state index contributed by atoms with van der Waals surface area (Å²) in [4.78, 5) is 28.4. The minimum atomic E-state index is -1.02. The topological polar surface area (TPSA) is 102 Å². The molecule has 1 aliphatic heterocycles. The molecule has 1 fully saturated rings. The van der Waals surface area contributed by atoms with Crippen LogP contribution in [0, 0.1) is 0 Å². The molecule has 4 aromatic rings. The number of rotatable bonds is 11. The maximum Gasteiger partial charge on any atom is 0.301 e. The Kier molecular flexibility index (Phi) is 9.72. The van der Waals surface area contributed by atoms with E-state index in [1.54, 1.807) is 48.5 Å². The van der Waals surface area contributed by atoms with Crippen LogP contribution < -0.4 is 14.4 Å². The average molecular weight is 655 g/mol. The van der Waals surface area contributed by atoms with E-state index in [9.17, 15) is 14.7 Å². The van der Waals surface area contributed by atoms with Crippen LogP contribution in [0.25, 0.3) is 5.76 Å². The fourth-order valence-electron chi connectivity index (χ4n) is 4.42. The molecule has 3 aromatic carbocycles. The Bertz CT molecular complexity index is 1690. The Hall–Kier alpha value is -3.83. The van der Waals surface area contributed by atoms with E-state index in [0.29, 0.717) is 49.4 Å². The van der Waals surface area contributed by atoms with Crippen molar-refractivity contribution in [2.75, 3.05) is 18.1 Å². The standard InChI is InChI=1S/C31H25Cl2N3O5S2/c1-3-15-41-23-14-9-20(16-24(23)40-4-2)26-25(27(37)19-7-12-22(33)13-8-19)28(38)29(39)36(26)30-34-35-31(43-30)42-17-18-5-10-21(32)11-6-18/h3,5-14,16,26,37H,1,4,15,17H2,2H3/b27-25+. The highest BCUT2D eigenvalue weighted by Crippen LogP contribution is 2.45. The van der Waals surface area contributed by atoms with E-state index in [4.69, 9.17) is 32.7 Å². The Morgan fingerprint density at radius 2 is 1.72 bits per heavy atom. The summed E-state index contributed by atoms with van der Waals surface area (Å²) in [5.74, 6) is -0.542. The van der Waals surface area contributed by atoms with E-state index in [0.717, 1.165) is 5.56 Å². The molecule has 12 heteroatoms. The number of aliphatic hydroxyl groups is 1. The number of halogens is 2. The van der Waals surface area contributed by atoms with Gasteiger partial charge in [0.05, 0.1) is 18.2 Å². The molecule has 1 aromatic heterocycles. The number of benzene rings is 3. The summed E-state index contributed by atoms with van der Waals surface area (Å²) in [5.41, 5.74) is 1.78. The highest BCUT2D eigenvalue weighted by molar-refractivity contribution is 8.00. The second-order valence-electron chi connectivity index (χ2n) is 9.18. The van der Waals surface area contributed by atoms with Crippen LogP contribution in [0.2, 0.25) is 10.0 Å². The monoisotopic (exact) mass is 653 g/mol. The molecule has 0 spiro atoms. The Labute approximate surface area is 266 Å². The molecule has 8 nitrogen and oxygen atoms in total. The van der Waals surface area contributed by atoms with E-state index in [2.05, 4.69) is 16.8 Å².